The number of likely N-dealkylation sites (tertiary alicyclic amines) is 1. The second kappa shape index (κ2) is 11.3. The van der Waals surface area contributed by atoms with Gasteiger partial charge in [0.25, 0.3) is 16.7 Å². The number of aromatic amines is 2. The molecule has 0 aliphatic carbocycles. The van der Waals surface area contributed by atoms with Crippen LogP contribution in [0.4, 0.5) is 0 Å². The van der Waals surface area contributed by atoms with Crippen molar-refractivity contribution in [2.24, 2.45) is 20.0 Å². The van der Waals surface area contributed by atoms with Crippen LogP contribution < -0.4 is 31.4 Å². The number of pyridine rings is 1. The zero-order valence-corrected chi connectivity index (χ0v) is 26.0. The molecule has 2 aliphatic rings. The second-order valence-electron chi connectivity index (χ2n) is 11.6. The van der Waals surface area contributed by atoms with Crippen molar-refractivity contribution in [1.82, 2.24) is 23.7 Å². The number of quaternary nitrogens is 1. The monoisotopic (exact) mass is 636 g/mol. The molecular formula is C30H32N6O6S2. The molecular weight excluding hydrogens is 605 g/mol. The number of fused-ring (bicyclic) bond motifs is 4. The van der Waals surface area contributed by atoms with Crippen LogP contribution in [0.2, 0.25) is 0 Å². The van der Waals surface area contributed by atoms with E-state index in [0.717, 1.165) is 35.3 Å². The van der Waals surface area contributed by atoms with Gasteiger partial charge in [-0.2, -0.15) is 0 Å². The van der Waals surface area contributed by atoms with Crippen LogP contribution in [0.1, 0.15) is 46.2 Å². The summed E-state index contributed by atoms with van der Waals surface area (Å²) >= 11 is 10.3. The van der Waals surface area contributed by atoms with Gasteiger partial charge in [0.1, 0.15) is 12.3 Å². The molecule has 0 amide bonds. The number of rotatable bonds is 6. The number of aromatic hydroxyl groups is 1. The third-order valence-corrected chi connectivity index (χ3v) is 9.71. The molecule has 3 aromatic heterocycles. The van der Waals surface area contributed by atoms with Crippen molar-refractivity contribution in [3.63, 3.8) is 0 Å². The van der Waals surface area contributed by atoms with Gasteiger partial charge in [-0.05, 0) is 60.5 Å². The number of nitrogens with one attached hydrogen (secondary N) is 3. The summed E-state index contributed by atoms with van der Waals surface area (Å²) in [6.07, 6.45) is 1.02. The minimum atomic E-state index is -1.25. The molecule has 6 rings (SSSR count). The Bertz CT molecular complexity index is 2010. The fraction of sp³-hybridized carbons (Fsp3) is 0.367. The fourth-order valence-corrected chi connectivity index (χ4v) is 7.24. The van der Waals surface area contributed by atoms with Gasteiger partial charge >= 0.3 is 0 Å². The number of hydrogen-bond acceptors (Lipinski definition) is 8. The normalized spacial score (nSPS) is 19.8. The van der Waals surface area contributed by atoms with Gasteiger partial charge in [-0.15, -0.1) is 0 Å². The predicted octanol–water partition coefficient (Wildman–Crippen LogP) is 0.531. The van der Waals surface area contributed by atoms with E-state index in [1.165, 1.54) is 23.6 Å². The topological polar surface area (TPSA) is 155 Å². The van der Waals surface area contributed by atoms with Crippen molar-refractivity contribution in [3.05, 3.63) is 105 Å². The molecule has 1 fully saturated rings. The van der Waals surface area contributed by atoms with E-state index >= 15 is 0 Å². The quantitative estimate of drug-likeness (QED) is 0.224. The second-order valence-corrected chi connectivity index (χ2v) is 12.4. The lowest BCUT2D eigenvalue weighted by Gasteiger charge is -2.40. The van der Waals surface area contributed by atoms with Gasteiger partial charge in [-0.1, -0.05) is 12.1 Å². The van der Waals surface area contributed by atoms with Crippen LogP contribution >= 0.6 is 24.4 Å². The van der Waals surface area contributed by atoms with Crippen molar-refractivity contribution >= 4 is 24.4 Å². The summed E-state index contributed by atoms with van der Waals surface area (Å²) in [5.41, 5.74) is 0.390. The Kier molecular flexibility index (Phi) is 7.68. The average Bonchev–Trinajstić information content (AvgIpc) is 2.98. The van der Waals surface area contributed by atoms with Crippen LogP contribution in [0.15, 0.2) is 50.8 Å². The Morgan fingerprint density at radius 2 is 1.75 bits per heavy atom. The first kappa shape index (κ1) is 29.8. The summed E-state index contributed by atoms with van der Waals surface area (Å²) in [7, 11) is 4.48. The summed E-state index contributed by atoms with van der Waals surface area (Å²) in [4.78, 5) is 45.5. The standard InChI is InChI=1S/C30H32N6O6S2/c1-33-27(40)23(25(38)31-29(33)43)22(24-26(39)32-30(44)34(2)28(24)41)16-7-8-20(42-3)18(10-16)14-35-11-15-9-17(13-35)19-5-4-6-21(37)36(19)12-15/h4-8,10,15,17,22,40-41H,9,11-14H2,1-3H3,(H,31,38,43)(H,32,39,44)/t15-,17+/m0/s1. The molecule has 230 valence electrons. The van der Waals surface area contributed by atoms with E-state index in [2.05, 4.69) is 9.97 Å². The highest BCUT2D eigenvalue weighted by atomic mass is 32.1. The molecule has 12 nitrogen and oxygen atoms in total. The van der Waals surface area contributed by atoms with Gasteiger partial charge < -0.3 is 29.0 Å². The Balaban J connectivity index is 1.47. The molecule has 2 aliphatic heterocycles. The molecule has 2 unspecified atom stereocenters. The number of methoxy groups -OCH3 is 1. The van der Waals surface area contributed by atoms with Crippen LogP contribution in [-0.4, -0.2) is 49.0 Å². The molecule has 0 spiro atoms. The van der Waals surface area contributed by atoms with E-state index < -0.39 is 28.8 Å². The lowest BCUT2D eigenvalue weighted by molar-refractivity contribution is -0.924. The molecule has 2 bridgehead atoms. The van der Waals surface area contributed by atoms with E-state index in [0.29, 0.717) is 30.3 Å². The number of nitrogens with zero attached hydrogens (tertiary/aromatic N) is 3. The van der Waals surface area contributed by atoms with Gasteiger partial charge in [0, 0.05) is 55.4 Å². The number of H-pyrrole nitrogens is 2. The summed E-state index contributed by atoms with van der Waals surface area (Å²) in [6.45, 7) is 2.91. The van der Waals surface area contributed by atoms with Crippen LogP contribution in [0.25, 0.3) is 0 Å². The molecule has 0 saturated carbocycles. The third-order valence-electron chi connectivity index (χ3n) is 8.96. The number of ether oxygens (including phenoxy) is 1. The van der Waals surface area contributed by atoms with Crippen LogP contribution in [0.5, 0.6) is 17.5 Å². The van der Waals surface area contributed by atoms with Crippen molar-refractivity contribution in [3.8, 4) is 17.5 Å². The zero-order chi connectivity index (χ0) is 31.4. The minimum Gasteiger partial charge on any atom is -0.860 e. The number of piperidine rings is 1. The molecule has 4 N–H and O–H groups in total. The maximum absolute atomic E-state index is 13.5. The highest BCUT2D eigenvalue weighted by Gasteiger charge is 2.38. The Morgan fingerprint density at radius 3 is 2.48 bits per heavy atom. The van der Waals surface area contributed by atoms with Crippen LogP contribution in [0.3, 0.4) is 0 Å². The third kappa shape index (κ3) is 5.02. The maximum atomic E-state index is 13.5. The molecule has 1 saturated heterocycles. The lowest BCUT2D eigenvalue weighted by atomic mass is 9.82. The highest BCUT2D eigenvalue weighted by molar-refractivity contribution is 7.71. The molecule has 44 heavy (non-hydrogen) atoms. The summed E-state index contributed by atoms with van der Waals surface area (Å²) in [5.74, 6) is -1.22. The van der Waals surface area contributed by atoms with E-state index in [1.807, 2.05) is 22.8 Å². The predicted molar refractivity (Wildman–Crippen MR) is 165 cm³/mol. The summed E-state index contributed by atoms with van der Waals surface area (Å²) < 4.78 is 9.87. The van der Waals surface area contributed by atoms with Crippen LogP contribution in [0, 0.1) is 15.5 Å². The van der Waals surface area contributed by atoms with Gasteiger partial charge in [0.05, 0.1) is 31.7 Å². The lowest BCUT2D eigenvalue weighted by Crippen LogP contribution is -3.13. The molecule has 4 aromatic rings. The van der Waals surface area contributed by atoms with Gasteiger partial charge in [0.15, 0.2) is 9.54 Å². The number of aromatic nitrogens is 5. The van der Waals surface area contributed by atoms with Gasteiger partial charge in [-0.25, -0.2) is 0 Å². The van der Waals surface area contributed by atoms with E-state index in [4.69, 9.17) is 29.2 Å². The zero-order valence-electron chi connectivity index (χ0n) is 24.4. The van der Waals surface area contributed by atoms with Gasteiger partial charge in [-0.3, -0.25) is 28.9 Å². The highest BCUT2D eigenvalue weighted by Crippen LogP contribution is 2.37. The molecule has 4 atom stereocenters. The van der Waals surface area contributed by atoms with E-state index in [9.17, 15) is 24.6 Å². The van der Waals surface area contributed by atoms with Crippen molar-refractivity contribution < 1.29 is 19.8 Å². The first-order valence-corrected chi connectivity index (χ1v) is 15.0. The number of benzene rings is 1. The van der Waals surface area contributed by atoms with Crippen molar-refractivity contribution in [1.29, 1.82) is 0 Å². The van der Waals surface area contributed by atoms with Crippen molar-refractivity contribution in [2.45, 2.75) is 31.3 Å². The molecule has 1 aromatic carbocycles. The minimum absolute atomic E-state index is 0.0174. The van der Waals surface area contributed by atoms with Crippen LogP contribution in [-0.2, 0) is 27.2 Å². The largest absolute Gasteiger partial charge is 0.860 e. The molecule has 5 heterocycles. The Morgan fingerprint density at radius 1 is 1.05 bits per heavy atom. The SMILES string of the molecule is COc1ccc(C(c2c([O-])n(C)c(=S)[nH]c2=O)c2c(O)n(C)c(=S)[nH]c2=O)cc1C[NH+]1C[C@@H]2C[C@H](C1)c1cccc(=O)n1C2. The van der Waals surface area contributed by atoms with E-state index in [1.54, 1.807) is 25.3 Å². The molecule has 14 heteroatoms. The maximum Gasteiger partial charge on any atom is 0.259 e. The Labute approximate surface area is 261 Å². The Hall–Kier alpha value is -4.27. The first-order chi connectivity index (χ1) is 21.0. The van der Waals surface area contributed by atoms with Gasteiger partial charge in [0.2, 0.25) is 5.88 Å². The summed E-state index contributed by atoms with van der Waals surface area (Å²) in [6, 6.07) is 10.7. The van der Waals surface area contributed by atoms with E-state index in [-0.39, 0.29) is 32.1 Å². The smallest absolute Gasteiger partial charge is 0.259 e. The summed E-state index contributed by atoms with van der Waals surface area (Å²) in [5, 5.41) is 24.7. The number of hydrogen-bond donors (Lipinski definition) is 4. The first-order valence-electron chi connectivity index (χ1n) is 14.2. The molecule has 0 radical (unpaired) electrons. The van der Waals surface area contributed by atoms with Crippen molar-refractivity contribution in [2.75, 3.05) is 20.2 Å². The average molecular weight is 637 g/mol. The fourth-order valence-electron chi connectivity index (χ4n) is 6.89.